The summed E-state index contributed by atoms with van der Waals surface area (Å²) in [6.07, 6.45) is -4.81. The van der Waals surface area contributed by atoms with Crippen LogP contribution in [0.4, 0.5) is 24.5 Å². The van der Waals surface area contributed by atoms with E-state index >= 15 is 0 Å². The first-order chi connectivity index (χ1) is 15.6. The molecule has 3 rings (SSSR count). The van der Waals surface area contributed by atoms with Crippen LogP contribution in [0.1, 0.15) is 15.9 Å². The van der Waals surface area contributed by atoms with Crippen molar-refractivity contribution in [1.29, 1.82) is 0 Å². The summed E-state index contributed by atoms with van der Waals surface area (Å²) >= 11 is 0. The molecule has 0 aliphatic rings. The number of carbonyl (C=O) groups is 1. The van der Waals surface area contributed by atoms with Crippen molar-refractivity contribution in [3.8, 4) is 23.0 Å². The second kappa shape index (κ2) is 9.47. The summed E-state index contributed by atoms with van der Waals surface area (Å²) in [4.78, 5) is 22.6. The number of halogens is 3. The fourth-order valence-electron chi connectivity index (χ4n) is 2.81. The monoisotopic (exact) mass is 462 g/mol. The zero-order valence-corrected chi connectivity index (χ0v) is 17.3. The summed E-state index contributed by atoms with van der Waals surface area (Å²) in [6, 6.07) is 12.6. The Kier molecular flexibility index (Phi) is 6.71. The number of methoxy groups -OCH3 is 2. The van der Waals surface area contributed by atoms with Gasteiger partial charge >= 0.3 is 6.18 Å². The van der Waals surface area contributed by atoms with Crippen LogP contribution in [0.5, 0.6) is 23.0 Å². The van der Waals surface area contributed by atoms with E-state index in [1.165, 1.54) is 32.4 Å². The Morgan fingerprint density at radius 3 is 2.18 bits per heavy atom. The molecule has 0 spiro atoms. The predicted molar refractivity (Wildman–Crippen MR) is 112 cm³/mol. The van der Waals surface area contributed by atoms with E-state index in [1.807, 2.05) is 0 Å². The third-order valence-electron chi connectivity index (χ3n) is 4.43. The van der Waals surface area contributed by atoms with Crippen molar-refractivity contribution < 1.29 is 37.1 Å². The number of amides is 1. The summed E-state index contributed by atoms with van der Waals surface area (Å²) in [5.41, 5.74) is -1.32. The Balaban J connectivity index is 1.86. The smallest absolute Gasteiger partial charge is 0.416 e. The Morgan fingerprint density at radius 1 is 0.909 bits per heavy atom. The highest BCUT2D eigenvalue weighted by molar-refractivity contribution is 6.04. The first-order valence-corrected chi connectivity index (χ1v) is 9.28. The maximum absolute atomic E-state index is 13.1. The Hall–Kier alpha value is -4.28. The van der Waals surface area contributed by atoms with Crippen LogP contribution < -0.4 is 19.5 Å². The molecule has 0 fully saturated rings. The van der Waals surface area contributed by atoms with Gasteiger partial charge < -0.3 is 19.5 Å². The number of carbonyl (C=O) groups excluding carboxylic acids is 1. The van der Waals surface area contributed by atoms with E-state index < -0.39 is 34.0 Å². The molecule has 3 aromatic rings. The van der Waals surface area contributed by atoms with E-state index in [-0.39, 0.29) is 17.1 Å². The van der Waals surface area contributed by atoms with E-state index in [9.17, 15) is 28.1 Å². The summed E-state index contributed by atoms with van der Waals surface area (Å²) in [7, 11) is 2.79. The van der Waals surface area contributed by atoms with Crippen molar-refractivity contribution in [3.63, 3.8) is 0 Å². The van der Waals surface area contributed by atoms with Gasteiger partial charge in [-0.15, -0.1) is 0 Å². The zero-order valence-electron chi connectivity index (χ0n) is 17.3. The maximum atomic E-state index is 13.1. The van der Waals surface area contributed by atoms with Crippen LogP contribution in [-0.4, -0.2) is 25.1 Å². The van der Waals surface area contributed by atoms with Crippen molar-refractivity contribution in [2.24, 2.45) is 0 Å². The number of benzene rings is 3. The van der Waals surface area contributed by atoms with Gasteiger partial charge in [0.2, 0.25) is 0 Å². The van der Waals surface area contributed by atoms with Crippen molar-refractivity contribution in [2.45, 2.75) is 6.18 Å². The lowest BCUT2D eigenvalue weighted by Crippen LogP contribution is -2.12. The zero-order chi connectivity index (χ0) is 24.2. The van der Waals surface area contributed by atoms with E-state index in [0.717, 1.165) is 6.07 Å². The number of nitro groups is 1. The molecule has 1 amide bonds. The summed E-state index contributed by atoms with van der Waals surface area (Å²) in [5, 5.41) is 13.7. The third-order valence-corrected chi connectivity index (χ3v) is 4.43. The van der Waals surface area contributed by atoms with Gasteiger partial charge in [-0.2, -0.15) is 13.2 Å². The van der Waals surface area contributed by atoms with E-state index in [2.05, 4.69) is 5.32 Å². The molecule has 3 aromatic carbocycles. The quantitative estimate of drug-likeness (QED) is 0.358. The Morgan fingerprint density at radius 2 is 1.61 bits per heavy atom. The molecule has 1 N–H and O–H groups in total. The van der Waals surface area contributed by atoms with E-state index in [4.69, 9.17) is 14.2 Å². The van der Waals surface area contributed by atoms with Crippen LogP contribution in [0, 0.1) is 10.1 Å². The Labute approximate surface area is 185 Å². The second-order valence-corrected chi connectivity index (χ2v) is 6.62. The number of hydrogen-bond acceptors (Lipinski definition) is 6. The molecular weight excluding hydrogens is 445 g/mol. The Bertz CT molecular complexity index is 1180. The fourth-order valence-corrected chi connectivity index (χ4v) is 2.81. The molecule has 0 aliphatic heterocycles. The minimum absolute atomic E-state index is 0.0351. The van der Waals surface area contributed by atoms with Crippen molar-refractivity contribution in [3.05, 3.63) is 81.9 Å². The largest absolute Gasteiger partial charge is 0.497 e. The van der Waals surface area contributed by atoms with Gasteiger partial charge in [-0.05, 0) is 48.5 Å². The normalized spacial score (nSPS) is 10.9. The maximum Gasteiger partial charge on any atom is 0.416 e. The molecule has 172 valence electrons. The van der Waals surface area contributed by atoms with Gasteiger partial charge in [0.25, 0.3) is 11.6 Å². The van der Waals surface area contributed by atoms with Gasteiger partial charge in [0.05, 0.1) is 30.8 Å². The number of non-ortho nitro benzene ring substituents is 1. The van der Waals surface area contributed by atoms with Crippen LogP contribution in [0.25, 0.3) is 0 Å². The number of hydrogen-bond donors (Lipinski definition) is 1. The van der Waals surface area contributed by atoms with Crippen molar-refractivity contribution in [2.75, 3.05) is 19.5 Å². The molecule has 0 saturated carbocycles. The molecule has 0 aromatic heterocycles. The molecule has 0 bridgehead atoms. The van der Waals surface area contributed by atoms with Gasteiger partial charge in [0, 0.05) is 17.3 Å². The number of alkyl halides is 3. The van der Waals surface area contributed by atoms with Gasteiger partial charge in [0.1, 0.15) is 11.5 Å². The molecule has 0 atom stereocenters. The minimum atomic E-state index is -4.81. The number of nitrogens with zero attached hydrogens (tertiary/aromatic N) is 1. The van der Waals surface area contributed by atoms with Crippen LogP contribution in [0.15, 0.2) is 60.7 Å². The van der Waals surface area contributed by atoms with Gasteiger partial charge in [-0.1, -0.05) is 0 Å². The van der Waals surface area contributed by atoms with Crippen LogP contribution in [-0.2, 0) is 6.18 Å². The fraction of sp³-hybridized carbons (Fsp3) is 0.136. The van der Waals surface area contributed by atoms with Crippen LogP contribution in [0.2, 0.25) is 0 Å². The molecule has 0 unspecified atom stereocenters. The lowest BCUT2D eigenvalue weighted by Gasteiger charge is -2.14. The lowest BCUT2D eigenvalue weighted by molar-refractivity contribution is -0.385. The minimum Gasteiger partial charge on any atom is -0.497 e. The summed E-state index contributed by atoms with van der Waals surface area (Å²) < 4.78 is 55.0. The van der Waals surface area contributed by atoms with Crippen molar-refractivity contribution >= 4 is 17.3 Å². The molecule has 0 saturated heterocycles. The number of nitro benzene ring substituents is 1. The predicted octanol–water partition coefficient (Wildman–Crippen LogP) is 5.68. The topological polar surface area (TPSA) is 99.9 Å². The number of anilines is 1. The van der Waals surface area contributed by atoms with E-state index in [0.29, 0.717) is 23.6 Å². The molecule has 0 radical (unpaired) electrons. The average molecular weight is 462 g/mol. The molecule has 0 aliphatic carbocycles. The first-order valence-electron chi connectivity index (χ1n) is 9.28. The summed E-state index contributed by atoms with van der Waals surface area (Å²) in [5.74, 6) is -0.263. The van der Waals surface area contributed by atoms with Crippen LogP contribution in [0.3, 0.4) is 0 Å². The standard InChI is InChI=1S/C22H17F3N2O6/c1-31-17-6-4-15(5-7-17)26-21(28)13-3-8-19(20(9-13)32-2)33-18-11-14(22(23,24)25)10-16(12-18)27(29)30/h3-12H,1-2H3,(H,26,28). The third kappa shape index (κ3) is 5.70. The van der Waals surface area contributed by atoms with Crippen LogP contribution >= 0.6 is 0 Å². The number of ether oxygens (including phenoxy) is 3. The SMILES string of the molecule is COc1ccc(NC(=O)c2ccc(Oc3cc([N+](=O)[O-])cc(C(F)(F)F)c3)c(OC)c2)cc1. The molecule has 0 heterocycles. The molecule has 8 nitrogen and oxygen atoms in total. The van der Waals surface area contributed by atoms with Crippen molar-refractivity contribution in [1.82, 2.24) is 0 Å². The first kappa shape index (κ1) is 23.4. The summed E-state index contributed by atoms with van der Waals surface area (Å²) in [6.45, 7) is 0. The average Bonchev–Trinajstić information content (AvgIpc) is 2.79. The van der Waals surface area contributed by atoms with E-state index in [1.54, 1.807) is 24.3 Å². The van der Waals surface area contributed by atoms with Gasteiger partial charge in [-0.3, -0.25) is 14.9 Å². The number of rotatable bonds is 7. The molecule has 33 heavy (non-hydrogen) atoms. The number of nitrogens with one attached hydrogen (secondary N) is 1. The highest BCUT2D eigenvalue weighted by Gasteiger charge is 2.33. The highest BCUT2D eigenvalue weighted by atomic mass is 19.4. The van der Waals surface area contributed by atoms with Gasteiger partial charge in [-0.25, -0.2) is 0 Å². The highest BCUT2D eigenvalue weighted by Crippen LogP contribution is 2.38. The lowest BCUT2D eigenvalue weighted by atomic mass is 10.1. The second-order valence-electron chi connectivity index (χ2n) is 6.62. The van der Waals surface area contributed by atoms with Gasteiger partial charge in [0.15, 0.2) is 11.5 Å². The molecular formula is C22H17F3N2O6. The molecule has 11 heteroatoms.